The molecular weight excluding hydrogens is 596 g/mol. The van der Waals surface area contributed by atoms with E-state index in [0.29, 0.717) is 17.5 Å². The van der Waals surface area contributed by atoms with Crippen LogP contribution < -0.4 is 27.6 Å². The van der Waals surface area contributed by atoms with Crippen LogP contribution in [0.15, 0.2) is 87.1 Å². The van der Waals surface area contributed by atoms with Crippen LogP contribution in [0.2, 0.25) is 0 Å². The number of allylic oxidation sites excluding steroid dienone is 4. The SMILES string of the molecule is C=C(C(C)C)N1CCC(C2=CC(c3ccc(NC(=O)c4cn(C(C)C)c(=O)n(-c5ccn(C)n5)c4=O)cc3)=C(C(N)=NC=N)[NH2+]2)CC1. The lowest BCUT2D eigenvalue weighted by molar-refractivity contribution is -0.549. The van der Waals surface area contributed by atoms with Gasteiger partial charge in [0.15, 0.2) is 17.4 Å². The van der Waals surface area contributed by atoms with Crippen molar-refractivity contribution in [2.45, 2.75) is 46.6 Å². The minimum absolute atomic E-state index is 0.137. The number of aromatic nitrogens is 4. The summed E-state index contributed by atoms with van der Waals surface area (Å²) < 4.78 is 3.74. The van der Waals surface area contributed by atoms with Crippen LogP contribution >= 0.6 is 0 Å². The van der Waals surface area contributed by atoms with Crippen LogP contribution in [-0.2, 0) is 7.05 Å². The number of nitrogens with two attached hydrogens (primary N) is 2. The molecule has 13 heteroatoms. The Labute approximate surface area is 273 Å². The number of hydrogen-bond donors (Lipinski definition) is 4. The Bertz CT molecular complexity index is 1910. The summed E-state index contributed by atoms with van der Waals surface area (Å²) >= 11 is 0. The van der Waals surface area contributed by atoms with Crippen molar-refractivity contribution in [3.05, 3.63) is 104 Å². The van der Waals surface area contributed by atoms with Gasteiger partial charge in [0.05, 0.1) is 5.57 Å². The van der Waals surface area contributed by atoms with Gasteiger partial charge in [0.25, 0.3) is 11.5 Å². The Kier molecular flexibility index (Phi) is 9.56. The van der Waals surface area contributed by atoms with Crippen LogP contribution in [0.25, 0.3) is 11.4 Å². The van der Waals surface area contributed by atoms with Crippen LogP contribution in [0.1, 0.15) is 62.5 Å². The molecule has 1 saturated heterocycles. The van der Waals surface area contributed by atoms with Gasteiger partial charge in [-0.25, -0.2) is 14.4 Å². The number of quaternary nitrogens is 1. The zero-order chi connectivity index (χ0) is 34.0. The van der Waals surface area contributed by atoms with Gasteiger partial charge in [0, 0.05) is 68.0 Å². The number of nitrogens with one attached hydrogen (secondary N) is 2. The number of anilines is 1. The zero-order valence-electron chi connectivity index (χ0n) is 27.5. The number of aliphatic imine (C=N–C) groups is 1. The lowest BCUT2D eigenvalue weighted by Gasteiger charge is -2.35. The Morgan fingerprint density at radius 3 is 2.40 bits per heavy atom. The van der Waals surface area contributed by atoms with Crippen molar-refractivity contribution in [2.75, 3.05) is 18.4 Å². The maximum Gasteiger partial charge on any atom is 0.337 e. The van der Waals surface area contributed by atoms with Crippen molar-refractivity contribution in [3.63, 3.8) is 0 Å². The monoisotopic (exact) mass is 639 g/mol. The standard InChI is InChI=1S/C34H42N10O3/c1-20(2)22(5)42-15-11-24(12-16-42)28-17-26(30(39-28)31(36)37-19-35)23-7-9-25(10-8-23)38-32(45)27-18-43(21(3)4)34(47)44(33(27)46)29-13-14-41(6)40-29/h7-10,13-14,17-21,24,39H,5,11-12,15-16H2,1-4,6H3,(H,38,45)(H3,35,36,37)/p+1. The van der Waals surface area contributed by atoms with E-state index in [2.05, 4.69) is 52.1 Å². The molecule has 0 spiro atoms. The molecule has 1 fully saturated rings. The van der Waals surface area contributed by atoms with Gasteiger partial charge < -0.3 is 16.0 Å². The third kappa shape index (κ3) is 6.80. The average molecular weight is 640 g/mol. The fraction of sp³-hybridized carbons (Fsp3) is 0.353. The Morgan fingerprint density at radius 1 is 1.15 bits per heavy atom. The summed E-state index contributed by atoms with van der Waals surface area (Å²) in [6, 6.07) is 8.48. The predicted molar refractivity (Wildman–Crippen MR) is 183 cm³/mol. The minimum atomic E-state index is -0.756. The molecule has 47 heavy (non-hydrogen) atoms. The van der Waals surface area contributed by atoms with Crippen LogP contribution in [0.4, 0.5) is 5.69 Å². The number of aryl methyl sites for hydroxylation is 1. The number of likely N-dealkylation sites (tertiary alicyclic amines) is 1. The number of carbonyl (C=O) groups is 1. The van der Waals surface area contributed by atoms with Gasteiger partial charge in [-0.1, -0.05) is 32.6 Å². The predicted octanol–water partition coefficient (Wildman–Crippen LogP) is 2.58. The molecule has 2 aliphatic rings. The lowest BCUT2D eigenvalue weighted by atomic mass is 9.91. The van der Waals surface area contributed by atoms with Gasteiger partial charge in [-0.2, -0.15) is 5.10 Å². The van der Waals surface area contributed by atoms with Gasteiger partial charge >= 0.3 is 5.69 Å². The number of carbonyl (C=O) groups excluding carboxylic acids is 1. The van der Waals surface area contributed by atoms with E-state index in [4.69, 9.17) is 11.1 Å². The van der Waals surface area contributed by atoms with E-state index in [1.165, 1.54) is 26.8 Å². The van der Waals surface area contributed by atoms with Crippen molar-refractivity contribution in [1.29, 1.82) is 5.41 Å². The highest BCUT2D eigenvalue weighted by Gasteiger charge is 2.33. The van der Waals surface area contributed by atoms with Crippen LogP contribution in [0.3, 0.4) is 0 Å². The largest absolute Gasteiger partial charge is 0.379 e. The molecule has 1 aromatic carbocycles. The molecule has 1 amide bonds. The van der Waals surface area contributed by atoms with Crippen molar-refractivity contribution in [3.8, 4) is 5.82 Å². The van der Waals surface area contributed by atoms with Gasteiger partial charge in [-0.05, 0) is 50.3 Å². The molecule has 13 nitrogen and oxygen atoms in total. The molecule has 2 aromatic heterocycles. The second-order valence-corrected chi connectivity index (χ2v) is 12.5. The lowest BCUT2D eigenvalue weighted by Crippen LogP contribution is -2.82. The summed E-state index contributed by atoms with van der Waals surface area (Å²) in [6.45, 7) is 14.1. The van der Waals surface area contributed by atoms with E-state index in [1.54, 1.807) is 45.3 Å². The summed E-state index contributed by atoms with van der Waals surface area (Å²) in [7, 11) is 1.68. The summed E-state index contributed by atoms with van der Waals surface area (Å²) in [5.41, 5.74) is 10.1. The van der Waals surface area contributed by atoms with Crippen LogP contribution in [0.5, 0.6) is 0 Å². The average Bonchev–Trinajstić information content (AvgIpc) is 3.68. The molecular formula is C34H43N10O3+. The number of amides is 1. The third-order valence-corrected chi connectivity index (χ3v) is 8.73. The Morgan fingerprint density at radius 2 is 1.83 bits per heavy atom. The highest BCUT2D eigenvalue weighted by Crippen LogP contribution is 2.31. The molecule has 0 unspecified atom stereocenters. The molecule has 2 aliphatic heterocycles. The van der Waals surface area contributed by atoms with E-state index >= 15 is 0 Å². The summed E-state index contributed by atoms with van der Waals surface area (Å²) in [6.07, 6.45) is 7.98. The molecule has 4 heterocycles. The highest BCUT2D eigenvalue weighted by molar-refractivity contribution is 6.07. The number of rotatable bonds is 10. The maximum absolute atomic E-state index is 13.4. The molecule has 0 bridgehead atoms. The van der Waals surface area contributed by atoms with Crippen molar-refractivity contribution < 1.29 is 10.1 Å². The molecule has 0 saturated carbocycles. The van der Waals surface area contributed by atoms with Gasteiger partial charge in [0.1, 0.15) is 17.6 Å². The molecule has 3 aromatic rings. The number of piperidine rings is 1. The number of hydrogen-bond acceptors (Lipinski definition) is 6. The van der Waals surface area contributed by atoms with E-state index in [9.17, 15) is 14.4 Å². The number of nitrogens with zero attached hydrogens (tertiary/aromatic N) is 6. The molecule has 0 aliphatic carbocycles. The first-order valence-electron chi connectivity index (χ1n) is 15.8. The number of amidine groups is 1. The first-order valence-corrected chi connectivity index (χ1v) is 15.8. The van der Waals surface area contributed by atoms with E-state index in [0.717, 1.165) is 53.7 Å². The Balaban J connectivity index is 1.40. The first-order chi connectivity index (χ1) is 22.4. The molecule has 6 N–H and O–H groups in total. The molecule has 246 valence electrons. The van der Waals surface area contributed by atoms with Crippen molar-refractivity contribution >= 4 is 29.3 Å². The number of benzene rings is 1. The third-order valence-electron chi connectivity index (χ3n) is 8.73. The molecule has 5 rings (SSSR count). The van der Waals surface area contributed by atoms with Gasteiger partial charge in [-0.3, -0.25) is 29.6 Å². The molecule has 0 radical (unpaired) electrons. The highest BCUT2D eigenvalue weighted by atomic mass is 16.2. The van der Waals surface area contributed by atoms with Gasteiger partial charge in [0.2, 0.25) is 0 Å². The van der Waals surface area contributed by atoms with E-state index in [1.807, 2.05) is 12.1 Å². The first kappa shape index (κ1) is 33.1. The fourth-order valence-electron chi connectivity index (χ4n) is 5.97. The quantitative estimate of drug-likeness (QED) is 0.196. The summed E-state index contributed by atoms with van der Waals surface area (Å²) in [5, 5.41) is 16.5. The maximum atomic E-state index is 13.4. The summed E-state index contributed by atoms with van der Waals surface area (Å²) in [4.78, 5) is 46.4. The minimum Gasteiger partial charge on any atom is -0.379 e. The van der Waals surface area contributed by atoms with Crippen LogP contribution in [0, 0.1) is 17.2 Å². The van der Waals surface area contributed by atoms with E-state index < -0.39 is 17.2 Å². The van der Waals surface area contributed by atoms with Crippen molar-refractivity contribution in [2.24, 2.45) is 29.6 Å². The van der Waals surface area contributed by atoms with Crippen LogP contribution in [-0.4, -0.2) is 55.0 Å². The molecule has 0 atom stereocenters. The second-order valence-electron chi connectivity index (χ2n) is 12.5. The van der Waals surface area contributed by atoms with Crippen molar-refractivity contribution in [1.82, 2.24) is 23.8 Å². The summed E-state index contributed by atoms with van der Waals surface area (Å²) in [5.74, 6) is 0.516. The van der Waals surface area contributed by atoms with E-state index in [-0.39, 0.29) is 23.3 Å². The Hall–Kier alpha value is -5.30. The topological polar surface area (TPSA) is 173 Å². The fourth-order valence-corrected chi connectivity index (χ4v) is 5.97. The smallest absolute Gasteiger partial charge is 0.337 e. The second kappa shape index (κ2) is 13.6. The van der Waals surface area contributed by atoms with Gasteiger partial charge in [-0.15, -0.1) is 0 Å². The normalized spacial score (nSPS) is 15.9. The zero-order valence-corrected chi connectivity index (χ0v) is 27.5.